The van der Waals surface area contributed by atoms with E-state index in [9.17, 15) is 4.79 Å². The molecule has 0 radical (unpaired) electrons. The van der Waals surface area contributed by atoms with Gasteiger partial charge in [0.15, 0.2) is 0 Å². The minimum absolute atomic E-state index is 0.103. The SMILES string of the molecule is CC(NCCNC(=O)OC(C)(C)C)c1ccc(Br)cc1Cl. The Morgan fingerprint density at radius 2 is 2.05 bits per heavy atom. The topological polar surface area (TPSA) is 50.4 Å². The molecule has 118 valence electrons. The molecule has 21 heavy (non-hydrogen) atoms. The molecule has 1 aromatic rings. The molecule has 0 bridgehead atoms. The maximum atomic E-state index is 11.5. The van der Waals surface area contributed by atoms with Gasteiger partial charge >= 0.3 is 6.09 Å². The molecular weight excluding hydrogens is 356 g/mol. The van der Waals surface area contributed by atoms with Crippen LogP contribution in [0.1, 0.15) is 39.3 Å². The van der Waals surface area contributed by atoms with Crippen LogP contribution in [-0.4, -0.2) is 24.8 Å². The number of hydrogen-bond donors (Lipinski definition) is 2. The van der Waals surface area contributed by atoms with Gasteiger partial charge in [-0.1, -0.05) is 33.6 Å². The molecule has 0 aliphatic carbocycles. The van der Waals surface area contributed by atoms with Crippen molar-refractivity contribution in [2.45, 2.75) is 39.3 Å². The Morgan fingerprint density at radius 1 is 1.38 bits per heavy atom. The Balaban J connectivity index is 2.34. The molecule has 0 aromatic heterocycles. The standard InChI is InChI=1S/C15H22BrClN2O2/c1-10(12-6-5-11(16)9-13(12)17)18-7-8-19-14(20)21-15(2,3)4/h5-6,9-10,18H,7-8H2,1-4H3,(H,19,20). The van der Waals surface area contributed by atoms with E-state index in [-0.39, 0.29) is 6.04 Å². The second-order valence-electron chi connectivity index (χ2n) is 5.77. The number of nitrogens with one attached hydrogen (secondary N) is 2. The molecule has 0 saturated heterocycles. The number of rotatable bonds is 5. The lowest BCUT2D eigenvalue weighted by atomic mass is 10.1. The van der Waals surface area contributed by atoms with Gasteiger partial charge in [0.05, 0.1) is 0 Å². The summed E-state index contributed by atoms with van der Waals surface area (Å²) in [6.45, 7) is 8.66. The summed E-state index contributed by atoms with van der Waals surface area (Å²) < 4.78 is 6.11. The van der Waals surface area contributed by atoms with Crippen molar-refractivity contribution < 1.29 is 9.53 Å². The Kier molecular flexibility index (Phi) is 6.97. The summed E-state index contributed by atoms with van der Waals surface area (Å²) in [6, 6.07) is 5.91. The van der Waals surface area contributed by atoms with Crippen molar-refractivity contribution >= 4 is 33.6 Å². The van der Waals surface area contributed by atoms with Crippen LogP contribution in [0.25, 0.3) is 0 Å². The van der Waals surface area contributed by atoms with E-state index < -0.39 is 11.7 Å². The summed E-state index contributed by atoms with van der Waals surface area (Å²) >= 11 is 9.58. The van der Waals surface area contributed by atoms with E-state index in [4.69, 9.17) is 16.3 Å². The third kappa shape index (κ3) is 7.16. The number of carbonyl (C=O) groups is 1. The lowest BCUT2D eigenvalue weighted by Gasteiger charge is -2.20. The molecule has 0 saturated carbocycles. The Morgan fingerprint density at radius 3 is 2.62 bits per heavy atom. The molecule has 4 nitrogen and oxygen atoms in total. The van der Waals surface area contributed by atoms with Gasteiger partial charge in [-0.3, -0.25) is 0 Å². The van der Waals surface area contributed by atoms with Crippen LogP contribution < -0.4 is 10.6 Å². The summed E-state index contributed by atoms with van der Waals surface area (Å²) in [7, 11) is 0. The first-order valence-corrected chi connectivity index (χ1v) is 8.01. The van der Waals surface area contributed by atoms with Crippen LogP contribution in [0.2, 0.25) is 5.02 Å². The molecule has 0 fully saturated rings. The van der Waals surface area contributed by atoms with Crippen molar-refractivity contribution in [1.29, 1.82) is 0 Å². The molecule has 1 rings (SSSR count). The highest BCUT2D eigenvalue weighted by molar-refractivity contribution is 9.10. The van der Waals surface area contributed by atoms with Gasteiger partial charge in [0.25, 0.3) is 0 Å². The van der Waals surface area contributed by atoms with Crippen molar-refractivity contribution in [3.05, 3.63) is 33.3 Å². The number of amides is 1. The van der Waals surface area contributed by atoms with Crippen LogP contribution in [0, 0.1) is 0 Å². The van der Waals surface area contributed by atoms with Crippen molar-refractivity contribution in [3.63, 3.8) is 0 Å². The number of carbonyl (C=O) groups excluding carboxylic acids is 1. The molecule has 0 aliphatic heterocycles. The van der Waals surface area contributed by atoms with E-state index >= 15 is 0 Å². The number of alkyl carbamates (subject to hydrolysis) is 1. The van der Waals surface area contributed by atoms with Gasteiger partial charge in [-0.15, -0.1) is 0 Å². The van der Waals surface area contributed by atoms with E-state index in [1.54, 1.807) is 0 Å². The summed E-state index contributed by atoms with van der Waals surface area (Å²) in [6.07, 6.45) is -0.404. The third-order valence-corrected chi connectivity index (χ3v) is 3.49. The van der Waals surface area contributed by atoms with Crippen molar-refractivity contribution in [1.82, 2.24) is 10.6 Å². The van der Waals surface area contributed by atoms with Gasteiger partial charge in [0.2, 0.25) is 0 Å². The predicted octanol–water partition coefficient (Wildman–Crippen LogP) is 4.28. The quantitative estimate of drug-likeness (QED) is 0.753. The monoisotopic (exact) mass is 376 g/mol. The molecular formula is C15H22BrClN2O2. The molecule has 1 atom stereocenters. The molecule has 2 N–H and O–H groups in total. The lowest BCUT2D eigenvalue weighted by molar-refractivity contribution is 0.0528. The van der Waals surface area contributed by atoms with E-state index in [0.717, 1.165) is 10.0 Å². The maximum Gasteiger partial charge on any atom is 0.407 e. The highest BCUT2D eigenvalue weighted by atomic mass is 79.9. The second-order valence-corrected chi connectivity index (χ2v) is 7.09. The Bertz CT molecular complexity index is 489. The number of hydrogen-bond acceptors (Lipinski definition) is 3. The van der Waals surface area contributed by atoms with Gasteiger partial charge in [-0.05, 0) is 45.4 Å². The summed E-state index contributed by atoms with van der Waals surface area (Å²) in [4.78, 5) is 11.5. The van der Waals surface area contributed by atoms with Crippen LogP contribution in [0.3, 0.4) is 0 Å². The molecule has 0 heterocycles. The molecule has 1 aromatic carbocycles. The zero-order valence-corrected chi connectivity index (χ0v) is 15.1. The van der Waals surface area contributed by atoms with Gasteiger partial charge in [0.1, 0.15) is 5.60 Å². The predicted molar refractivity (Wildman–Crippen MR) is 89.8 cm³/mol. The number of ether oxygens (including phenoxy) is 1. The molecule has 0 aliphatic rings. The van der Waals surface area contributed by atoms with Gasteiger partial charge < -0.3 is 15.4 Å². The average molecular weight is 378 g/mol. The maximum absolute atomic E-state index is 11.5. The average Bonchev–Trinajstić information content (AvgIpc) is 2.32. The third-order valence-electron chi connectivity index (χ3n) is 2.67. The zero-order valence-electron chi connectivity index (χ0n) is 12.8. The Hall–Kier alpha value is -0.780. The van der Waals surface area contributed by atoms with Crippen LogP contribution in [-0.2, 0) is 4.74 Å². The highest BCUT2D eigenvalue weighted by Crippen LogP contribution is 2.26. The first-order chi connectivity index (χ1) is 9.69. The molecule has 0 spiro atoms. The van der Waals surface area contributed by atoms with Crippen molar-refractivity contribution in [2.24, 2.45) is 0 Å². The minimum atomic E-state index is -0.476. The Labute approximate surface area is 139 Å². The van der Waals surface area contributed by atoms with Crippen LogP contribution in [0.4, 0.5) is 4.79 Å². The largest absolute Gasteiger partial charge is 0.444 e. The second kappa shape index (κ2) is 8.01. The first kappa shape index (κ1) is 18.3. The van der Waals surface area contributed by atoms with E-state index in [1.165, 1.54) is 0 Å². The normalized spacial score (nSPS) is 12.9. The highest BCUT2D eigenvalue weighted by Gasteiger charge is 2.15. The van der Waals surface area contributed by atoms with Gasteiger partial charge in [-0.2, -0.15) is 0 Å². The van der Waals surface area contributed by atoms with Gasteiger partial charge in [-0.25, -0.2) is 4.79 Å². The molecule has 6 heteroatoms. The van der Waals surface area contributed by atoms with E-state index in [0.29, 0.717) is 18.1 Å². The number of benzene rings is 1. The van der Waals surface area contributed by atoms with Crippen molar-refractivity contribution in [2.75, 3.05) is 13.1 Å². The number of halogens is 2. The van der Waals surface area contributed by atoms with Crippen molar-refractivity contribution in [3.8, 4) is 0 Å². The van der Waals surface area contributed by atoms with Crippen LogP contribution in [0.5, 0.6) is 0 Å². The smallest absolute Gasteiger partial charge is 0.407 e. The summed E-state index contributed by atoms with van der Waals surface area (Å²) in [5, 5.41) is 6.73. The van der Waals surface area contributed by atoms with Crippen LogP contribution in [0.15, 0.2) is 22.7 Å². The van der Waals surface area contributed by atoms with Crippen LogP contribution >= 0.6 is 27.5 Å². The fourth-order valence-electron chi connectivity index (χ4n) is 1.73. The summed E-state index contributed by atoms with van der Waals surface area (Å²) in [5.74, 6) is 0. The first-order valence-electron chi connectivity index (χ1n) is 6.84. The molecule has 1 unspecified atom stereocenters. The lowest BCUT2D eigenvalue weighted by Crippen LogP contribution is -2.36. The van der Waals surface area contributed by atoms with Gasteiger partial charge in [0, 0.05) is 28.6 Å². The minimum Gasteiger partial charge on any atom is -0.444 e. The van der Waals surface area contributed by atoms with E-state index in [1.807, 2.05) is 45.9 Å². The fraction of sp³-hybridized carbons (Fsp3) is 0.533. The zero-order chi connectivity index (χ0) is 16.0. The summed E-state index contributed by atoms with van der Waals surface area (Å²) in [5.41, 5.74) is 0.549. The fourth-order valence-corrected chi connectivity index (χ4v) is 2.57. The van der Waals surface area contributed by atoms with E-state index in [2.05, 4.69) is 26.6 Å². The molecule has 1 amide bonds.